The second-order valence-corrected chi connectivity index (χ2v) is 13.9. The lowest BCUT2D eigenvalue weighted by atomic mass is 9.86. The van der Waals surface area contributed by atoms with Crippen molar-refractivity contribution in [3.8, 4) is 17.1 Å². The Morgan fingerprint density at radius 3 is 2.57 bits per heavy atom. The molecule has 4 aromatic rings. The SMILES string of the molecule is CCc1c2c(nc3ccc(OC(=O)OCc4ccc(SSC[C@H](C)C(=O)O)cc4)cc13)-c1cc3c(c(=O)n1C2)COC(=O)[C@]3(O)CC. The van der Waals surface area contributed by atoms with Gasteiger partial charge in [0.1, 0.15) is 19.0 Å². The second-order valence-electron chi connectivity index (χ2n) is 11.4. The summed E-state index contributed by atoms with van der Waals surface area (Å²) in [7, 11) is 2.95. The van der Waals surface area contributed by atoms with E-state index in [1.165, 1.54) is 21.6 Å². The van der Waals surface area contributed by atoms with Crippen LogP contribution in [-0.2, 0) is 50.8 Å². The van der Waals surface area contributed by atoms with E-state index in [0.29, 0.717) is 29.1 Å². The maximum Gasteiger partial charge on any atom is 0.514 e. The minimum atomic E-state index is -1.90. The van der Waals surface area contributed by atoms with Gasteiger partial charge in [-0.2, -0.15) is 0 Å². The van der Waals surface area contributed by atoms with Crippen molar-refractivity contribution >= 4 is 50.6 Å². The fourth-order valence-corrected chi connectivity index (χ4v) is 8.15. The van der Waals surface area contributed by atoms with Gasteiger partial charge >= 0.3 is 18.1 Å². The summed E-state index contributed by atoms with van der Waals surface area (Å²) in [6, 6.07) is 14.2. The first kappa shape index (κ1) is 32.6. The molecule has 2 aliphatic heterocycles. The van der Waals surface area contributed by atoms with Crippen LogP contribution in [0.5, 0.6) is 5.75 Å². The van der Waals surface area contributed by atoms with E-state index < -0.39 is 29.6 Å². The van der Waals surface area contributed by atoms with Crippen molar-refractivity contribution in [1.29, 1.82) is 0 Å². The van der Waals surface area contributed by atoms with Crippen molar-refractivity contribution in [3.05, 3.63) is 86.7 Å². The first-order valence-electron chi connectivity index (χ1n) is 15.1. The second kappa shape index (κ2) is 13.1. The van der Waals surface area contributed by atoms with Gasteiger partial charge in [0.25, 0.3) is 5.56 Å². The van der Waals surface area contributed by atoms with Gasteiger partial charge in [-0.05, 0) is 60.4 Å². The van der Waals surface area contributed by atoms with Crippen LogP contribution in [0, 0.1) is 5.92 Å². The van der Waals surface area contributed by atoms with Crippen LogP contribution in [0.4, 0.5) is 4.79 Å². The summed E-state index contributed by atoms with van der Waals surface area (Å²) in [5.41, 5.74) is 2.64. The molecule has 2 atom stereocenters. The Hall–Kier alpha value is -4.33. The van der Waals surface area contributed by atoms with Gasteiger partial charge in [-0.1, -0.05) is 54.5 Å². The van der Waals surface area contributed by atoms with Gasteiger partial charge in [-0.15, -0.1) is 0 Å². The molecule has 2 aromatic carbocycles. The number of aryl methyl sites for hydroxylation is 1. The summed E-state index contributed by atoms with van der Waals surface area (Å²) < 4.78 is 17.6. The minimum absolute atomic E-state index is 0.0105. The van der Waals surface area contributed by atoms with Crippen molar-refractivity contribution in [1.82, 2.24) is 9.55 Å². The van der Waals surface area contributed by atoms with E-state index in [0.717, 1.165) is 27.0 Å². The van der Waals surface area contributed by atoms with Crippen LogP contribution in [-0.4, -0.2) is 43.6 Å². The molecule has 2 aromatic heterocycles. The molecule has 0 fully saturated rings. The fourth-order valence-electron chi connectivity index (χ4n) is 5.79. The first-order chi connectivity index (χ1) is 22.5. The molecule has 244 valence electrons. The zero-order valence-corrected chi connectivity index (χ0v) is 27.5. The molecule has 11 nitrogen and oxygen atoms in total. The average Bonchev–Trinajstić information content (AvgIpc) is 3.43. The van der Waals surface area contributed by atoms with Gasteiger partial charge < -0.3 is 29.0 Å². The number of carbonyl (C=O) groups excluding carboxylic acids is 2. The number of carbonyl (C=O) groups is 3. The van der Waals surface area contributed by atoms with Crippen LogP contribution < -0.4 is 10.3 Å². The van der Waals surface area contributed by atoms with Gasteiger partial charge in [0.15, 0.2) is 5.60 Å². The number of fused-ring (bicyclic) bond motifs is 5. The molecule has 2 aliphatic rings. The number of pyridine rings is 2. The number of hydrogen-bond acceptors (Lipinski definition) is 11. The van der Waals surface area contributed by atoms with E-state index in [4.69, 9.17) is 24.3 Å². The lowest BCUT2D eigenvalue weighted by Crippen LogP contribution is -2.44. The summed E-state index contributed by atoms with van der Waals surface area (Å²) in [6.45, 7) is 5.41. The first-order valence-corrected chi connectivity index (χ1v) is 17.4. The molecule has 0 saturated carbocycles. The Bertz CT molecular complexity index is 1980. The molecule has 6 rings (SSSR count). The number of esters is 1. The predicted molar refractivity (Wildman–Crippen MR) is 176 cm³/mol. The zero-order chi connectivity index (χ0) is 33.5. The molecule has 0 bridgehead atoms. The molecule has 47 heavy (non-hydrogen) atoms. The molecule has 0 saturated heterocycles. The molecular weight excluding hydrogens is 645 g/mol. The Balaban J connectivity index is 1.18. The topological polar surface area (TPSA) is 154 Å². The monoisotopic (exact) mass is 676 g/mol. The predicted octanol–water partition coefficient (Wildman–Crippen LogP) is 5.82. The number of hydrogen-bond donors (Lipinski definition) is 2. The molecule has 2 N–H and O–H groups in total. The quantitative estimate of drug-likeness (QED) is 0.104. The number of cyclic esters (lactones) is 1. The summed E-state index contributed by atoms with van der Waals surface area (Å²) in [5.74, 6) is -1.25. The third-order valence-corrected chi connectivity index (χ3v) is 11.1. The number of ether oxygens (including phenoxy) is 3. The third kappa shape index (κ3) is 6.10. The minimum Gasteiger partial charge on any atom is -0.481 e. The van der Waals surface area contributed by atoms with Crippen molar-refractivity contribution in [2.75, 3.05) is 5.75 Å². The van der Waals surface area contributed by atoms with Gasteiger partial charge in [0, 0.05) is 27.2 Å². The number of aliphatic hydroxyl groups is 1. The maximum absolute atomic E-state index is 13.6. The lowest BCUT2D eigenvalue weighted by molar-refractivity contribution is -0.172. The highest BCUT2D eigenvalue weighted by atomic mass is 33.1. The van der Waals surface area contributed by atoms with Gasteiger partial charge in [-0.25, -0.2) is 14.6 Å². The van der Waals surface area contributed by atoms with Crippen molar-refractivity contribution in [2.45, 2.75) is 63.9 Å². The van der Waals surface area contributed by atoms with Crippen LogP contribution in [0.2, 0.25) is 0 Å². The number of aromatic nitrogens is 2. The molecule has 4 heterocycles. The number of benzene rings is 2. The molecule has 0 spiro atoms. The summed E-state index contributed by atoms with van der Waals surface area (Å²) in [4.78, 5) is 55.4. The highest BCUT2D eigenvalue weighted by molar-refractivity contribution is 8.76. The number of nitrogens with zero attached hydrogens (tertiary/aromatic N) is 2. The van der Waals surface area contributed by atoms with E-state index in [9.17, 15) is 24.3 Å². The van der Waals surface area contributed by atoms with Crippen LogP contribution in [0.3, 0.4) is 0 Å². The largest absolute Gasteiger partial charge is 0.514 e. The Kier molecular flexibility index (Phi) is 9.05. The van der Waals surface area contributed by atoms with Crippen LogP contribution in [0.15, 0.2) is 58.2 Å². The maximum atomic E-state index is 13.6. The Labute approximate surface area is 277 Å². The van der Waals surface area contributed by atoms with Crippen LogP contribution in [0.1, 0.15) is 55.0 Å². The molecule has 0 unspecified atom stereocenters. The average molecular weight is 677 g/mol. The van der Waals surface area contributed by atoms with E-state index in [2.05, 4.69) is 0 Å². The van der Waals surface area contributed by atoms with Crippen LogP contribution >= 0.6 is 21.6 Å². The number of aliphatic carboxylic acids is 1. The molecule has 0 radical (unpaired) electrons. The van der Waals surface area contributed by atoms with E-state index in [1.54, 1.807) is 42.7 Å². The van der Waals surface area contributed by atoms with Gasteiger partial charge in [0.2, 0.25) is 0 Å². The van der Waals surface area contributed by atoms with Crippen LogP contribution in [0.25, 0.3) is 22.3 Å². The third-order valence-electron chi connectivity index (χ3n) is 8.51. The zero-order valence-electron chi connectivity index (χ0n) is 25.9. The van der Waals surface area contributed by atoms with Crippen molar-refractivity contribution < 1.29 is 38.8 Å². The number of carboxylic acids is 1. The molecular formula is C34H32N2O9S2. The standard InChI is InChI=1S/C34H32N2O9S2/c1-4-22-23-12-20(45-33(41)44-15-19-6-9-21(10-7-19)47-46-17-18(3)31(38)39)8-11-27(23)35-29-24(22)14-36-28(29)13-26-25(30(36)37)16-43-32(40)34(26,42)5-2/h6-13,18,42H,4-5,14-17H2,1-3H3,(H,38,39)/t18-,34-/m0/s1. The highest BCUT2D eigenvalue weighted by Gasteiger charge is 2.45. The van der Waals surface area contributed by atoms with E-state index in [1.807, 2.05) is 31.2 Å². The number of rotatable bonds is 10. The van der Waals surface area contributed by atoms with Gasteiger partial charge in [-0.3, -0.25) is 9.59 Å². The number of carboxylic acid groups (broad SMARTS) is 1. The van der Waals surface area contributed by atoms with E-state index in [-0.39, 0.29) is 48.6 Å². The molecule has 0 aliphatic carbocycles. The smallest absolute Gasteiger partial charge is 0.481 e. The normalized spacial score (nSPS) is 17.0. The Morgan fingerprint density at radius 2 is 1.87 bits per heavy atom. The Morgan fingerprint density at radius 1 is 1.11 bits per heavy atom. The van der Waals surface area contributed by atoms with Gasteiger partial charge in [0.05, 0.1) is 34.9 Å². The summed E-state index contributed by atoms with van der Waals surface area (Å²) in [5, 5.41) is 20.9. The van der Waals surface area contributed by atoms with Crippen molar-refractivity contribution in [2.24, 2.45) is 5.92 Å². The summed E-state index contributed by atoms with van der Waals surface area (Å²) >= 11 is 0. The molecule has 13 heteroatoms. The summed E-state index contributed by atoms with van der Waals surface area (Å²) in [6.07, 6.45) is -0.186. The van der Waals surface area contributed by atoms with Crippen molar-refractivity contribution in [3.63, 3.8) is 0 Å². The molecule has 0 amide bonds. The lowest BCUT2D eigenvalue weighted by Gasteiger charge is -2.31. The van der Waals surface area contributed by atoms with E-state index >= 15 is 0 Å². The highest BCUT2D eigenvalue weighted by Crippen LogP contribution is 2.41. The fraction of sp³-hybridized carbons (Fsp3) is 0.324.